The van der Waals surface area contributed by atoms with Crippen molar-refractivity contribution in [2.45, 2.75) is 22.0 Å². The number of nitro groups is 1. The van der Waals surface area contributed by atoms with E-state index in [4.69, 9.17) is 0 Å². The standard InChI is InChI=1S/C17H18N2O5S2/c1-13(17(20)18-11-12-25-15-5-3-2-4-6-15)26(23,24)16-9-7-14(8-10-16)19(21)22/h2-10,13H,11-12H2,1H3,(H,18,20)/t13-/m0/s1. The molecule has 0 bridgehead atoms. The van der Waals surface area contributed by atoms with Crippen LogP contribution in [0, 0.1) is 10.1 Å². The van der Waals surface area contributed by atoms with Crippen LogP contribution in [0.25, 0.3) is 0 Å². The second-order valence-corrected chi connectivity index (χ2v) is 8.83. The molecule has 0 fully saturated rings. The van der Waals surface area contributed by atoms with Gasteiger partial charge in [-0.1, -0.05) is 18.2 Å². The molecule has 0 aliphatic carbocycles. The third-order valence-corrected chi connectivity index (χ3v) is 6.71. The van der Waals surface area contributed by atoms with E-state index in [1.807, 2.05) is 30.3 Å². The van der Waals surface area contributed by atoms with Gasteiger partial charge in [0.1, 0.15) is 5.25 Å². The highest BCUT2D eigenvalue weighted by molar-refractivity contribution is 7.99. The summed E-state index contributed by atoms with van der Waals surface area (Å²) in [4.78, 5) is 23.1. The van der Waals surface area contributed by atoms with Gasteiger partial charge in [0.15, 0.2) is 9.84 Å². The van der Waals surface area contributed by atoms with Crippen molar-refractivity contribution in [3.8, 4) is 0 Å². The summed E-state index contributed by atoms with van der Waals surface area (Å²) in [5.41, 5.74) is -0.209. The van der Waals surface area contributed by atoms with Gasteiger partial charge in [-0.05, 0) is 31.2 Å². The van der Waals surface area contributed by atoms with Crippen molar-refractivity contribution in [2.24, 2.45) is 0 Å². The maximum absolute atomic E-state index is 12.5. The zero-order chi connectivity index (χ0) is 19.2. The molecular formula is C17H18N2O5S2. The molecule has 2 rings (SSSR count). The third-order valence-electron chi connectivity index (χ3n) is 3.62. The van der Waals surface area contributed by atoms with Crippen LogP contribution in [0.5, 0.6) is 0 Å². The number of nitro benzene ring substituents is 1. The average molecular weight is 394 g/mol. The minimum Gasteiger partial charge on any atom is -0.354 e. The van der Waals surface area contributed by atoms with E-state index < -0.39 is 25.9 Å². The molecule has 2 aromatic carbocycles. The number of carbonyl (C=O) groups is 1. The molecule has 26 heavy (non-hydrogen) atoms. The summed E-state index contributed by atoms with van der Waals surface area (Å²) in [6.07, 6.45) is 0. The lowest BCUT2D eigenvalue weighted by Gasteiger charge is -2.13. The van der Waals surface area contributed by atoms with Crippen LogP contribution in [-0.4, -0.2) is 36.8 Å². The molecule has 0 heterocycles. The molecule has 0 saturated heterocycles. The number of amides is 1. The normalized spacial score (nSPS) is 12.3. The molecule has 138 valence electrons. The first-order valence-corrected chi connectivity index (χ1v) is 10.3. The molecule has 1 amide bonds. The van der Waals surface area contributed by atoms with Crippen LogP contribution < -0.4 is 5.32 Å². The molecule has 9 heteroatoms. The number of rotatable bonds is 8. The lowest BCUT2D eigenvalue weighted by atomic mass is 10.3. The first-order chi connectivity index (χ1) is 12.3. The number of nitrogens with zero attached hydrogens (tertiary/aromatic N) is 1. The van der Waals surface area contributed by atoms with Crippen molar-refractivity contribution >= 4 is 33.2 Å². The Labute approximate surface area is 155 Å². The number of thioether (sulfide) groups is 1. The topological polar surface area (TPSA) is 106 Å². The summed E-state index contributed by atoms with van der Waals surface area (Å²) in [6.45, 7) is 1.63. The molecule has 0 aromatic heterocycles. The second kappa shape index (κ2) is 8.81. The molecule has 7 nitrogen and oxygen atoms in total. The smallest absolute Gasteiger partial charge is 0.269 e. The van der Waals surface area contributed by atoms with Crippen LogP contribution in [0.2, 0.25) is 0 Å². The number of hydrogen-bond acceptors (Lipinski definition) is 6. The quantitative estimate of drug-likeness (QED) is 0.319. The summed E-state index contributed by atoms with van der Waals surface area (Å²) in [7, 11) is -3.91. The SMILES string of the molecule is C[C@@H](C(=O)NCCSc1ccccc1)S(=O)(=O)c1ccc([N+](=O)[O-])cc1. The van der Waals surface area contributed by atoms with Gasteiger partial charge in [-0.3, -0.25) is 14.9 Å². The lowest BCUT2D eigenvalue weighted by Crippen LogP contribution is -2.38. The Balaban J connectivity index is 1.92. The Bertz CT molecular complexity index is 868. The average Bonchev–Trinajstić information content (AvgIpc) is 2.65. The molecule has 1 atom stereocenters. The number of hydrogen-bond donors (Lipinski definition) is 1. The fourth-order valence-corrected chi connectivity index (χ4v) is 4.18. The minimum absolute atomic E-state index is 0.121. The molecule has 0 saturated carbocycles. The van der Waals surface area contributed by atoms with Gasteiger partial charge < -0.3 is 5.32 Å². The van der Waals surface area contributed by atoms with Crippen molar-refractivity contribution in [1.82, 2.24) is 5.32 Å². The van der Waals surface area contributed by atoms with Gasteiger partial charge in [-0.2, -0.15) is 0 Å². The zero-order valence-electron chi connectivity index (χ0n) is 14.0. The van der Waals surface area contributed by atoms with Gasteiger partial charge >= 0.3 is 0 Å². The first-order valence-electron chi connectivity index (χ1n) is 7.76. The summed E-state index contributed by atoms with van der Waals surface area (Å²) in [6, 6.07) is 14.1. The fourth-order valence-electron chi connectivity index (χ4n) is 2.11. The van der Waals surface area contributed by atoms with Crippen LogP contribution in [0.1, 0.15) is 6.92 Å². The second-order valence-electron chi connectivity index (χ2n) is 5.39. The summed E-state index contributed by atoms with van der Waals surface area (Å²) in [5, 5.41) is 12.0. The number of non-ortho nitro benzene ring substituents is 1. The predicted molar refractivity (Wildman–Crippen MR) is 99.9 cm³/mol. The number of benzene rings is 2. The fraction of sp³-hybridized carbons (Fsp3) is 0.235. The Hall–Kier alpha value is -2.39. The summed E-state index contributed by atoms with van der Waals surface area (Å²) < 4.78 is 24.9. The van der Waals surface area contributed by atoms with E-state index >= 15 is 0 Å². The Kier molecular flexibility index (Phi) is 6.76. The molecule has 1 N–H and O–H groups in total. The van der Waals surface area contributed by atoms with E-state index in [0.29, 0.717) is 12.3 Å². The van der Waals surface area contributed by atoms with Crippen LogP contribution >= 0.6 is 11.8 Å². The maximum Gasteiger partial charge on any atom is 0.269 e. The monoisotopic (exact) mass is 394 g/mol. The predicted octanol–water partition coefficient (Wildman–Crippen LogP) is 2.67. The van der Waals surface area contributed by atoms with Crippen LogP contribution in [-0.2, 0) is 14.6 Å². The molecule has 0 aliphatic heterocycles. The number of sulfone groups is 1. The van der Waals surface area contributed by atoms with Crippen molar-refractivity contribution in [3.63, 3.8) is 0 Å². The van der Waals surface area contributed by atoms with E-state index in [1.165, 1.54) is 6.92 Å². The molecule has 2 aromatic rings. The van der Waals surface area contributed by atoms with E-state index in [9.17, 15) is 23.3 Å². The maximum atomic E-state index is 12.5. The van der Waals surface area contributed by atoms with Crippen molar-refractivity contribution in [1.29, 1.82) is 0 Å². The van der Waals surface area contributed by atoms with Crippen LogP contribution in [0.15, 0.2) is 64.4 Å². The Morgan fingerprint density at radius 3 is 2.35 bits per heavy atom. The number of nitrogens with one attached hydrogen (secondary N) is 1. The minimum atomic E-state index is -3.91. The van der Waals surface area contributed by atoms with Gasteiger partial charge in [-0.15, -0.1) is 11.8 Å². The first kappa shape index (κ1) is 19.9. The summed E-state index contributed by atoms with van der Waals surface area (Å²) in [5.74, 6) is 0.0112. The highest BCUT2D eigenvalue weighted by Gasteiger charge is 2.29. The highest BCUT2D eigenvalue weighted by Crippen LogP contribution is 2.20. The zero-order valence-corrected chi connectivity index (χ0v) is 15.6. The van der Waals surface area contributed by atoms with Gasteiger partial charge in [-0.25, -0.2) is 8.42 Å². The van der Waals surface area contributed by atoms with Gasteiger partial charge in [0.2, 0.25) is 5.91 Å². The highest BCUT2D eigenvalue weighted by atomic mass is 32.2. The largest absolute Gasteiger partial charge is 0.354 e. The van der Waals surface area contributed by atoms with Crippen molar-refractivity contribution < 1.29 is 18.1 Å². The van der Waals surface area contributed by atoms with E-state index in [0.717, 1.165) is 29.2 Å². The van der Waals surface area contributed by atoms with E-state index in [2.05, 4.69) is 5.32 Å². The molecule has 0 radical (unpaired) electrons. The van der Waals surface area contributed by atoms with E-state index in [-0.39, 0.29) is 10.6 Å². The lowest BCUT2D eigenvalue weighted by molar-refractivity contribution is -0.384. The van der Waals surface area contributed by atoms with Crippen molar-refractivity contribution in [3.05, 3.63) is 64.7 Å². The van der Waals surface area contributed by atoms with Gasteiger partial charge in [0.05, 0.1) is 9.82 Å². The van der Waals surface area contributed by atoms with Crippen LogP contribution in [0.3, 0.4) is 0 Å². The van der Waals surface area contributed by atoms with Crippen LogP contribution in [0.4, 0.5) is 5.69 Å². The van der Waals surface area contributed by atoms with E-state index in [1.54, 1.807) is 11.8 Å². The molecule has 0 aliphatic rings. The molecular weight excluding hydrogens is 376 g/mol. The molecule has 0 unspecified atom stereocenters. The Morgan fingerprint density at radius 2 is 1.77 bits per heavy atom. The molecule has 0 spiro atoms. The Morgan fingerprint density at radius 1 is 1.15 bits per heavy atom. The summed E-state index contributed by atoms with van der Waals surface area (Å²) >= 11 is 1.55. The van der Waals surface area contributed by atoms with Gasteiger partial charge in [0, 0.05) is 29.3 Å². The third kappa shape index (κ3) is 5.06. The number of carbonyl (C=O) groups excluding carboxylic acids is 1. The van der Waals surface area contributed by atoms with Crippen molar-refractivity contribution in [2.75, 3.05) is 12.3 Å². The van der Waals surface area contributed by atoms with Gasteiger partial charge in [0.25, 0.3) is 5.69 Å².